The van der Waals surface area contributed by atoms with Gasteiger partial charge in [-0.05, 0) is 18.8 Å². The number of benzene rings is 1. The number of aromatic nitrogens is 5. The third-order valence-corrected chi connectivity index (χ3v) is 4.44. The molecule has 1 N–H and O–H groups in total. The van der Waals surface area contributed by atoms with Crippen LogP contribution in [0.5, 0.6) is 0 Å². The van der Waals surface area contributed by atoms with Crippen molar-refractivity contribution in [3.8, 4) is 11.4 Å². The summed E-state index contributed by atoms with van der Waals surface area (Å²) in [7, 11) is 0. The first-order valence-electron chi connectivity index (χ1n) is 8.46. The second kappa shape index (κ2) is 6.95. The van der Waals surface area contributed by atoms with Gasteiger partial charge < -0.3 is 14.5 Å². The second-order valence-electron chi connectivity index (χ2n) is 6.35. The molecule has 2 aromatic heterocycles. The zero-order chi connectivity index (χ0) is 17.9. The highest BCUT2D eigenvalue weighted by Crippen LogP contribution is 2.25. The number of piperidine rings is 1. The topological polar surface area (TPSA) is 110 Å². The Hall–Kier alpha value is -3.23. The van der Waals surface area contributed by atoms with Crippen molar-refractivity contribution in [2.75, 3.05) is 18.0 Å². The Morgan fingerprint density at radius 3 is 2.92 bits per heavy atom. The molecule has 3 aromatic rings. The summed E-state index contributed by atoms with van der Waals surface area (Å²) in [4.78, 5) is 17.5. The predicted octanol–water partition coefficient (Wildman–Crippen LogP) is 1.94. The molecule has 0 amide bonds. The van der Waals surface area contributed by atoms with Crippen LogP contribution in [0, 0.1) is 5.92 Å². The third kappa shape index (κ3) is 3.41. The van der Waals surface area contributed by atoms with Crippen LogP contribution in [-0.4, -0.2) is 49.3 Å². The molecule has 9 heteroatoms. The second-order valence-corrected chi connectivity index (χ2v) is 6.35. The van der Waals surface area contributed by atoms with Crippen molar-refractivity contribution in [1.29, 1.82) is 0 Å². The first-order chi connectivity index (χ1) is 12.7. The smallest absolute Gasteiger partial charge is 0.358 e. The van der Waals surface area contributed by atoms with Crippen LogP contribution < -0.4 is 4.90 Å². The Morgan fingerprint density at radius 1 is 1.31 bits per heavy atom. The molecular weight excluding hydrogens is 336 g/mol. The number of rotatable bonds is 5. The van der Waals surface area contributed by atoms with Crippen molar-refractivity contribution < 1.29 is 14.4 Å². The van der Waals surface area contributed by atoms with Crippen molar-refractivity contribution in [3.05, 3.63) is 42.2 Å². The number of carboxylic acid groups (broad SMARTS) is 1. The van der Waals surface area contributed by atoms with E-state index < -0.39 is 5.97 Å². The Balaban J connectivity index is 1.43. The van der Waals surface area contributed by atoms with Gasteiger partial charge in [0.1, 0.15) is 0 Å². The molecule has 1 aliphatic rings. The van der Waals surface area contributed by atoms with Crippen molar-refractivity contribution in [1.82, 2.24) is 25.1 Å². The van der Waals surface area contributed by atoms with Gasteiger partial charge in [-0.2, -0.15) is 4.98 Å². The van der Waals surface area contributed by atoms with E-state index in [0.29, 0.717) is 24.3 Å². The molecule has 26 heavy (non-hydrogen) atoms. The maximum atomic E-state index is 10.9. The molecule has 3 heterocycles. The lowest BCUT2D eigenvalue weighted by Gasteiger charge is -2.30. The quantitative estimate of drug-likeness (QED) is 0.740. The molecule has 0 bridgehead atoms. The molecule has 9 nitrogen and oxygen atoms in total. The summed E-state index contributed by atoms with van der Waals surface area (Å²) in [6, 6.07) is 10.2. The van der Waals surface area contributed by atoms with Gasteiger partial charge in [-0.1, -0.05) is 40.7 Å². The van der Waals surface area contributed by atoms with Crippen molar-refractivity contribution in [2.24, 2.45) is 5.92 Å². The largest absolute Gasteiger partial charge is 0.476 e. The summed E-state index contributed by atoms with van der Waals surface area (Å²) in [6.45, 7) is 2.21. The molecule has 0 saturated carbocycles. The number of hydrogen-bond acceptors (Lipinski definition) is 7. The van der Waals surface area contributed by atoms with E-state index in [2.05, 4.69) is 25.4 Å². The summed E-state index contributed by atoms with van der Waals surface area (Å²) in [5, 5.41) is 20.6. The molecule has 1 atom stereocenters. The van der Waals surface area contributed by atoms with Crippen molar-refractivity contribution in [2.45, 2.75) is 19.4 Å². The van der Waals surface area contributed by atoms with Gasteiger partial charge in [0.2, 0.25) is 5.82 Å². The lowest BCUT2D eigenvalue weighted by Crippen LogP contribution is -2.37. The Kier molecular flexibility index (Phi) is 4.34. The monoisotopic (exact) mass is 354 g/mol. The fraction of sp³-hybridized carbons (Fsp3) is 0.353. The molecule has 1 saturated heterocycles. The maximum absolute atomic E-state index is 10.9. The van der Waals surface area contributed by atoms with Crippen LogP contribution in [0.25, 0.3) is 11.4 Å². The number of carboxylic acids is 1. The first kappa shape index (κ1) is 16.2. The van der Waals surface area contributed by atoms with E-state index in [9.17, 15) is 4.79 Å². The number of carbonyl (C=O) groups is 1. The van der Waals surface area contributed by atoms with E-state index in [4.69, 9.17) is 9.63 Å². The van der Waals surface area contributed by atoms with E-state index in [1.807, 2.05) is 30.3 Å². The molecule has 134 valence electrons. The Labute approximate surface area is 149 Å². The minimum absolute atomic E-state index is 0.0398. The van der Waals surface area contributed by atoms with E-state index >= 15 is 0 Å². The number of anilines is 1. The SMILES string of the molecule is O=C(O)c1cn(C[C@@H]2CCCN(c3nc(-c4ccccc4)no3)C2)nn1. The fourth-order valence-electron chi connectivity index (χ4n) is 3.19. The van der Waals surface area contributed by atoms with Gasteiger partial charge in [-0.3, -0.25) is 4.68 Å². The molecular formula is C17H18N6O3. The molecule has 0 unspecified atom stereocenters. The predicted molar refractivity (Wildman–Crippen MR) is 91.7 cm³/mol. The van der Waals surface area contributed by atoms with Crippen LogP contribution in [0.15, 0.2) is 41.1 Å². The highest BCUT2D eigenvalue weighted by Gasteiger charge is 2.25. The number of aromatic carboxylic acids is 1. The van der Waals surface area contributed by atoms with Crippen LogP contribution in [0.2, 0.25) is 0 Å². The summed E-state index contributed by atoms with van der Waals surface area (Å²) in [5.74, 6) is -0.190. The van der Waals surface area contributed by atoms with Crippen LogP contribution in [-0.2, 0) is 6.54 Å². The van der Waals surface area contributed by atoms with Gasteiger partial charge in [0.05, 0.1) is 6.20 Å². The Bertz CT molecular complexity index is 891. The molecule has 1 aliphatic heterocycles. The number of nitrogens with zero attached hydrogens (tertiary/aromatic N) is 6. The van der Waals surface area contributed by atoms with Crippen LogP contribution in [0.3, 0.4) is 0 Å². The minimum atomic E-state index is -1.07. The van der Waals surface area contributed by atoms with Gasteiger partial charge in [-0.25, -0.2) is 4.79 Å². The summed E-state index contributed by atoms with van der Waals surface area (Å²) >= 11 is 0. The summed E-state index contributed by atoms with van der Waals surface area (Å²) < 4.78 is 7.03. The van der Waals surface area contributed by atoms with Gasteiger partial charge in [0.15, 0.2) is 5.69 Å². The first-order valence-corrected chi connectivity index (χ1v) is 8.46. The van der Waals surface area contributed by atoms with E-state index in [-0.39, 0.29) is 5.69 Å². The van der Waals surface area contributed by atoms with Gasteiger partial charge in [0.25, 0.3) is 0 Å². The third-order valence-electron chi connectivity index (χ3n) is 4.44. The standard InChI is InChI=1S/C17H18N6O3/c24-16(25)14-11-23(21-19-14)10-12-5-4-8-22(9-12)17-18-15(20-26-17)13-6-2-1-3-7-13/h1-3,6-7,11-12H,4-5,8-10H2,(H,24,25)/t12-/m1/s1. The van der Waals surface area contributed by atoms with Crippen molar-refractivity contribution in [3.63, 3.8) is 0 Å². The average molecular weight is 354 g/mol. The van der Waals surface area contributed by atoms with Gasteiger partial charge >= 0.3 is 12.0 Å². The Morgan fingerprint density at radius 2 is 2.15 bits per heavy atom. The van der Waals surface area contributed by atoms with Gasteiger partial charge in [0, 0.05) is 25.2 Å². The van der Waals surface area contributed by atoms with E-state index in [0.717, 1.165) is 31.5 Å². The highest BCUT2D eigenvalue weighted by molar-refractivity contribution is 5.84. The average Bonchev–Trinajstić information content (AvgIpc) is 3.32. The van der Waals surface area contributed by atoms with E-state index in [1.165, 1.54) is 6.20 Å². The number of hydrogen-bond donors (Lipinski definition) is 1. The minimum Gasteiger partial charge on any atom is -0.476 e. The zero-order valence-corrected chi connectivity index (χ0v) is 14.0. The molecule has 0 aliphatic carbocycles. The van der Waals surface area contributed by atoms with E-state index in [1.54, 1.807) is 4.68 Å². The summed E-state index contributed by atoms with van der Waals surface area (Å²) in [5.41, 5.74) is 0.877. The zero-order valence-electron chi connectivity index (χ0n) is 14.0. The lowest BCUT2D eigenvalue weighted by molar-refractivity contribution is 0.0690. The van der Waals surface area contributed by atoms with Crippen LogP contribution in [0.1, 0.15) is 23.3 Å². The molecule has 1 aromatic carbocycles. The molecule has 0 spiro atoms. The molecule has 1 fully saturated rings. The molecule has 4 rings (SSSR count). The normalized spacial score (nSPS) is 17.4. The fourth-order valence-corrected chi connectivity index (χ4v) is 3.19. The lowest BCUT2D eigenvalue weighted by atomic mass is 9.98. The van der Waals surface area contributed by atoms with Crippen LogP contribution in [0.4, 0.5) is 6.01 Å². The van der Waals surface area contributed by atoms with Crippen molar-refractivity contribution >= 4 is 12.0 Å². The van der Waals surface area contributed by atoms with Gasteiger partial charge in [-0.15, -0.1) is 5.10 Å². The molecule has 0 radical (unpaired) electrons. The summed E-state index contributed by atoms with van der Waals surface area (Å²) in [6.07, 6.45) is 3.48. The maximum Gasteiger partial charge on any atom is 0.358 e. The highest BCUT2D eigenvalue weighted by atomic mass is 16.5. The van der Waals surface area contributed by atoms with Crippen LogP contribution >= 0.6 is 0 Å².